The van der Waals surface area contributed by atoms with E-state index in [-0.39, 0.29) is 24.4 Å². The quantitative estimate of drug-likeness (QED) is 0.834. The van der Waals surface area contributed by atoms with Gasteiger partial charge < -0.3 is 9.80 Å². The molecule has 1 atom stereocenters. The third-order valence-corrected chi connectivity index (χ3v) is 4.41. The van der Waals surface area contributed by atoms with Gasteiger partial charge in [-0.25, -0.2) is 0 Å². The van der Waals surface area contributed by atoms with Gasteiger partial charge in [-0.3, -0.25) is 9.59 Å². The monoisotopic (exact) mass is 272 g/mol. The van der Waals surface area contributed by atoms with Crippen LogP contribution in [0.25, 0.3) is 0 Å². The Kier molecular flexibility index (Phi) is 3.47. The zero-order valence-corrected chi connectivity index (χ0v) is 11.8. The molecule has 1 unspecified atom stereocenters. The van der Waals surface area contributed by atoms with Crippen molar-refractivity contribution >= 4 is 11.8 Å². The second-order valence-electron chi connectivity index (χ2n) is 5.68. The Labute approximate surface area is 119 Å². The smallest absolute Gasteiger partial charge is 0.245 e. The van der Waals surface area contributed by atoms with E-state index in [2.05, 4.69) is 19.1 Å². The average molecular weight is 272 g/mol. The van der Waals surface area contributed by atoms with Crippen LogP contribution in [0.4, 0.5) is 0 Å². The van der Waals surface area contributed by atoms with E-state index in [0.29, 0.717) is 6.54 Å². The molecule has 2 aliphatic heterocycles. The summed E-state index contributed by atoms with van der Waals surface area (Å²) >= 11 is 0. The molecule has 2 saturated heterocycles. The van der Waals surface area contributed by atoms with E-state index in [0.717, 1.165) is 25.8 Å². The van der Waals surface area contributed by atoms with Gasteiger partial charge in [0, 0.05) is 13.1 Å². The number of benzene rings is 1. The fraction of sp³-hybridized carbons (Fsp3) is 0.500. The highest BCUT2D eigenvalue weighted by Gasteiger charge is 2.41. The minimum atomic E-state index is -0.187. The molecule has 1 aromatic carbocycles. The van der Waals surface area contributed by atoms with E-state index < -0.39 is 0 Å². The number of fused-ring (bicyclic) bond motifs is 1. The Morgan fingerprint density at radius 1 is 1.25 bits per heavy atom. The van der Waals surface area contributed by atoms with Crippen LogP contribution < -0.4 is 0 Å². The van der Waals surface area contributed by atoms with Gasteiger partial charge in [0.1, 0.15) is 6.04 Å². The number of hydrogen-bond acceptors (Lipinski definition) is 2. The molecular weight excluding hydrogens is 252 g/mol. The van der Waals surface area contributed by atoms with Crippen LogP contribution in [0.5, 0.6) is 0 Å². The number of aryl methyl sites for hydroxylation is 1. The number of carbonyl (C=O) groups is 2. The first-order chi connectivity index (χ1) is 9.66. The van der Waals surface area contributed by atoms with Crippen molar-refractivity contribution in [2.75, 3.05) is 19.6 Å². The molecule has 0 N–H and O–H groups in total. The van der Waals surface area contributed by atoms with E-state index in [4.69, 9.17) is 0 Å². The maximum Gasteiger partial charge on any atom is 0.245 e. The highest BCUT2D eigenvalue weighted by molar-refractivity contribution is 5.95. The van der Waals surface area contributed by atoms with Crippen LogP contribution in [-0.4, -0.2) is 47.3 Å². The summed E-state index contributed by atoms with van der Waals surface area (Å²) < 4.78 is 0. The van der Waals surface area contributed by atoms with Crippen LogP contribution in [0.1, 0.15) is 24.0 Å². The molecule has 106 valence electrons. The average Bonchev–Trinajstić information content (AvgIpc) is 2.93. The molecule has 4 heteroatoms. The van der Waals surface area contributed by atoms with Crippen molar-refractivity contribution < 1.29 is 9.59 Å². The first-order valence-corrected chi connectivity index (χ1v) is 7.29. The summed E-state index contributed by atoms with van der Waals surface area (Å²) in [5.41, 5.74) is 2.49. The van der Waals surface area contributed by atoms with E-state index in [1.807, 2.05) is 12.1 Å². The van der Waals surface area contributed by atoms with Gasteiger partial charge in [0.15, 0.2) is 0 Å². The van der Waals surface area contributed by atoms with Crippen LogP contribution in [0, 0.1) is 6.92 Å². The summed E-state index contributed by atoms with van der Waals surface area (Å²) in [7, 11) is 0. The summed E-state index contributed by atoms with van der Waals surface area (Å²) in [6, 6.07) is 8.02. The van der Waals surface area contributed by atoms with Gasteiger partial charge in [-0.05, 0) is 37.3 Å². The Hall–Kier alpha value is -1.84. The lowest BCUT2D eigenvalue weighted by molar-refractivity contribution is -0.153. The molecule has 1 aromatic rings. The van der Waals surface area contributed by atoms with Crippen LogP contribution in [0.15, 0.2) is 24.3 Å². The summed E-state index contributed by atoms with van der Waals surface area (Å²) in [6.45, 7) is 3.72. The molecule has 2 fully saturated rings. The number of amides is 2. The van der Waals surface area contributed by atoms with Crippen molar-refractivity contribution in [3.63, 3.8) is 0 Å². The standard InChI is InChI=1S/C16H20N2O2/c1-12-5-2-3-6-13(12)8-10-17-11-15(19)18-9-4-7-14(18)16(17)20/h2-3,5-6,14H,4,7-11H2,1H3. The van der Waals surface area contributed by atoms with Gasteiger partial charge in [0.05, 0.1) is 6.54 Å². The maximum absolute atomic E-state index is 12.4. The van der Waals surface area contributed by atoms with Crippen molar-refractivity contribution in [2.45, 2.75) is 32.2 Å². The lowest BCUT2D eigenvalue weighted by Crippen LogP contribution is -2.57. The minimum Gasteiger partial charge on any atom is -0.331 e. The third-order valence-electron chi connectivity index (χ3n) is 4.41. The summed E-state index contributed by atoms with van der Waals surface area (Å²) in [5.74, 6) is 0.243. The number of rotatable bonds is 3. The van der Waals surface area contributed by atoms with E-state index in [9.17, 15) is 9.59 Å². The summed E-state index contributed by atoms with van der Waals surface area (Å²) in [4.78, 5) is 27.9. The van der Waals surface area contributed by atoms with Gasteiger partial charge in [0.25, 0.3) is 0 Å². The van der Waals surface area contributed by atoms with Gasteiger partial charge in [-0.1, -0.05) is 24.3 Å². The van der Waals surface area contributed by atoms with Crippen LogP contribution >= 0.6 is 0 Å². The van der Waals surface area contributed by atoms with Crippen molar-refractivity contribution in [3.8, 4) is 0 Å². The normalized spacial score (nSPS) is 22.4. The number of piperazine rings is 1. The lowest BCUT2D eigenvalue weighted by atomic mass is 10.0. The molecule has 3 rings (SSSR count). The van der Waals surface area contributed by atoms with Crippen LogP contribution in [0.3, 0.4) is 0 Å². The number of carbonyl (C=O) groups excluding carboxylic acids is 2. The molecule has 2 aliphatic rings. The number of hydrogen-bond donors (Lipinski definition) is 0. The van der Waals surface area contributed by atoms with Gasteiger partial charge >= 0.3 is 0 Å². The SMILES string of the molecule is Cc1ccccc1CCN1CC(=O)N2CCCC2C1=O. The van der Waals surface area contributed by atoms with Gasteiger partial charge in [-0.15, -0.1) is 0 Å². The van der Waals surface area contributed by atoms with Crippen LogP contribution in [-0.2, 0) is 16.0 Å². The van der Waals surface area contributed by atoms with Crippen molar-refractivity contribution in [1.29, 1.82) is 0 Å². The van der Waals surface area contributed by atoms with Gasteiger partial charge in [0.2, 0.25) is 11.8 Å². The second kappa shape index (κ2) is 5.27. The van der Waals surface area contributed by atoms with Crippen molar-refractivity contribution in [2.24, 2.45) is 0 Å². The minimum absolute atomic E-state index is 0.108. The fourth-order valence-corrected chi connectivity index (χ4v) is 3.20. The van der Waals surface area contributed by atoms with E-state index in [1.54, 1.807) is 9.80 Å². The molecule has 0 aromatic heterocycles. The van der Waals surface area contributed by atoms with Gasteiger partial charge in [-0.2, -0.15) is 0 Å². The highest BCUT2D eigenvalue weighted by atomic mass is 16.2. The predicted molar refractivity (Wildman–Crippen MR) is 76.2 cm³/mol. The maximum atomic E-state index is 12.4. The first-order valence-electron chi connectivity index (χ1n) is 7.29. The zero-order valence-electron chi connectivity index (χ0n) is 11.8. The Morgan fingerprint density at radius 3 is 2.85 bits per heavy atom. The topological polar surface area (TPSA) is 40.6 Å². The van der Waals surface area contributed by atoms with E-state index in [1.165, 1.54) is 11.1 Å². The van der Waals surface area contributed by atoms with Crippen molar-refractivity contribution in [1.82, 2.24) is 9.80 Å². The third kappa shape index (κ3) is 2.30. The molecule has 0 bridgehead atoms. The van der Waals surface area contributed by atoms with Crippen LogP contribution in [0.2, 0.25) is 0 Å². The molecule has 4 nitrogen and oxygen atoms in total. The molecule has 2 heterocycles. The first kappa shape index (κ1) is 13.2. The Morgan fingerprint density at radius 2 is 2.05 bits per heavy atom. The van der Waals surface area contributed by atoms with Crippen molar-refractivity contribution in [3.05, 3.63) is 35.4 Å². The lowest BCUT2D eigenvalue weighted by Gasteiger charge is -2.36. The summed E-state index contributed by atoms with van der Waals surface area (Å²) in [5, 5.41) is 0. The molecular formula is C16H20N2O2. The Bertz CT molecular complexity index is 541. The predicted octanol–water partition coefficient (Wildman–Crippen LogP) is 1.37. The Balaban J connectivity index is 1.67. The molecule has 0 radical (unpaired) electrons. The molecule has 0 spiro atoms. The highest BCUT2D eigenvalue weighted by Crippen LogP contribution is 2.23. The largest absolute Gasteiger partial charge is 0.331 e. The molecule has 0 aliphatic carbocycles. The molecule has 0 saturated carbocycles. The second-order valence-corrected chi connectivity index (χ2v) is 5.68. The summed E-state index contributed by atoms with van der Waals surface area (Å²) in [6.07, 6.45) is 2.59. The molecule has 20 heavy (non-hydrogen) atoms. The molecule has 2 amide bonds. The fourth-order valence-electron chi connectivity index (χ4n) is 3.20. The number of nitrogens with zero attached hydrogens (tertiary/aromatic N) is 2. The van der Waals surface area contributed by atoms with E-state index >= 15 is 0 Å². The zero-order chi connectivity index (χ0) is 14.1.